The Kier molecular flexibility index (Phi) is 4.53. The molecule has 3 N–H and O–H groups in total. The van der Waals surface area contributed by atoms with E-state index in [2.05, 4.69) is 5.32 Å². The van der Waals surface area contributed by atoms with Gasteiger partial charge in [0.25, 0.3) is 0 Å². The summed E-state index contributed by atoms with van der Waals surface area (Å²) in [6.45, 7) is 0.532. The van der Waals surface area contributed by atoms with Crippen molar-refractivity contribution in [3.63, 3.8) is 0 Å². The quantitative estimate of drug-likeness (QED) is 0.831. The average molecular weight is 276 g/mol. The molecule has 102 valence electrons. The molecule has 1 fully saturated rings. The number of benzene rings is 1. The van der Waals surface area contributed by atoms with E-state index in [0.717, 1.165) is 37.7 Å². The molecule has 1 saturated carbocycles. The monoisotopic (exact) mass is 276 g/mol. The maximum atomic E-state index is 12.5. The fourth-order valence-corrected chi connectivity index (χ4v) is 2.98. The molecule has 2 rings (SSSR count). The van der Waals surface area contributed by atoms with Crippen LogP contribution in [0, 0.1) is 5.41 Å². The molecule has 1 amide bonds. The second-order valence-electron chi connectivity index (χ2n) is 5.18. The lowest BCUT2D eigenvalue weighted by molar-refractivity contribution is -0.129. The van der Waals surface area contributed by atoms with E-state index in [1.54, 1.807) is 0 Å². The highest BCUT2D eigenvalue weighted by Gasteiger charge is 2.42. The molecule has 0 heterocycles. The zero-order chi connectivity index (χ0) is 13.7. The van der Waals surface area contributed by atoms with Gasteiger partial charge in [0, 0.05) is 6.54 Å². The molecule has 0 bridgehead atoms. The first kappa shape index (κ1) is 14.0. The molecule has 4 heteroatoms. The second-order valence-corrected chi connectivity index (χ2v) is 5.62. The van der Waals surface area contributed by atoms with E-state index in [0.29, 0.717) is 11.5 Å². The summed E-state index contributed by atoms with van der Waals surface area (Å²) in [4.78, 5) is 12.8. The minimum Gasteiger partial charge on any atom is -0.392 e. The molecule has 3 nitrogen and oxygen atoms in total. The number of amides is 1. The predicted molar refractivity (Wildman–Crippen MR) is 80.6 cm³/mol. The Bertz CT molecular complexity index is 452. The van der Waals surface area contributed by atoms with E-state index >= 15 is 0 Å². The van der Waals surface area contributed by atoms with Gasteiger partial charge in [-0.25, -0.2) is 0 Å². The van der Waals surface area contributed by atoms with Gasteiger partial charge in [-0.05, 0) is 18.4 Å². The summed E-state index contributed by atoms with van der Waals surface area (Å²) in [7, 11) is 0. The Morgan fingerprint density at radius 2 is 1.84 bits per heavy atom. The maximum absolute atomic E-state index is 12.5. The van der Waals surface area contributed by atoms with Gasteiger partial charge in [0.1, 0.15) is 0 Å². The number of thiocarbonyl (C=S) groups is 1. The fraction of sp³-hybridized carbons (Fsp3) is 0.467. The zero-order valence-corrected chi connectivity index (χ0v) is 11.8. The van der Waals surface area contributed by atoms with E-state index in [1.165, 1.54) is 0 Å². The number of nitrogens with one attached hydrogen (secondary N) is 1. The predicted octanol–water partition coefficient (Wildman–Crippen LogP) is 2.54. The molecule has 0 atom stereocenters. The van der Waals surface area contributed by atoms with Crippen molar-refractivity contribution in [2.24, 2.45) is 11.1 Å². The topological polar surface area (TPSA) is 55.1 Å². The first-order valence-electron chi connectivity index (χ1n) is 6.77. The summed E-state index contributed by atoms with van der Waals surface area (Å²) in [6.07, 6.45) is 4.77. The van der Waals surface area contributed by atoms with Crippen molar-refractivity contribution >= 4 is 23.1 Å². The van der Waals surface area contributed by atoms with Gasteiger partial charge in [-0.15, -0.1) is 0 Å². The van der Waals surface area contributed by atoms with Gasteiger partial charge in [-0.2, -0.15) is 0 Å². The van der Waals surface area contributed by atoms with Crippen LogP contribution in [0.5, 0.6) is 0 Å². The molecule has 0 saturated heterocycles. The average Bonchev–Trinajstić information content (AvgIpc) is 2.46. The Labute approximate surface area is 119 Å². The van der Waals surface area contributed by atoms with Gasteiger partial charge < -0.3 is 11.1 Å². The molecule has 1 aliphatic carbocycles. The Hall–Kier alpha value is -1.42. The smallest absolute Gasteiger partial charge is 0.233 e. The minimum absolute atomic E-state index is 0.0106. The van der Waals surface area contributed by atoms with Crippen molar-refractivity contribution in [1.82, 2.24) is 5.32 Å². The minimum atomic E-state index is -0.623. The number of carbonyl (C=O) groups is 1. The number of rotatable bonds is 4. The van der Waals surface area contributed by atoms with Gasteiger partial charge in [0.15, 0.2) is 0 Å². The molecule has 0 aromatic heterocycles. The van der Waals surface area contributed by atoms with E-state index in [1.807, 2.05) is 30.3 Å². The number of carbonyl (C=O) groups excluding carboxylic acids is 1. The molecule has 19 heavy (non-hydrogen) atoms. The van der Waals surface area contributed by atoms with Crippen molar-refractivity contribution in [2.45, 2.75) is 38.6 Å². The maximum Gasteiger partial charge on any atom is 0.233 e. The summed E-state index contributed by atoms with van der Waals surface area (Å²) in [5.74, 6) is -0.0106. The van der Waals surface area contributed by atoms with Crippen LogP contribution in [0.1, 0.15) is 37.7 Å². The highest BCUT2D eigenvalue weighted by Crippen LogP contribution is 2.37. The summed E-state index contributed by atoms with van der Waals surface area (Å²) in [6, 6.07) is 9.88. The molecule has 1 aromatic rings. The first-order chi connectivity index (χ1) is 9.15. The second kappa shape index (κ2) is 6.15. The number of hydrogen-bond acceptors (Lipinski definition) is 2. The zero-order valence-electron chi connectivity index (χ0n) is 11.0. The first-order valence-corrected chi connectivity index (χ1v) is 7.18. The normalized spacial score (nSPS) is 17.7. The lowest BCUT2D eigenvalue weighted by atomic mass is 9.73. The third-order valence-electron chi connectivity index (χ3n) is 3.91. The van der Waals surface area contributed by atoms with Crippen LogP contribution in [0.15, 0.2) is 30.3 Å². The Morgan fingerprint density at radius 1 is 1.21 bits per heavy atom. The van der Waals surface area contributed by atoms with Crippen molar-refractivity contribution in [3.05, 3.63) is 35.9 Å². The number of hydrogen-bond donors (Lipinski definition) is 2. The summed E-state index contributed by atoms with van der Waals surface area (Å²) in [5.41, 5.74) is 6.31. The van der Waals surface area contributed by atoms with Crippen LogP contribution in [0.3, 0.4) is 0 Å². The molecule has 0 unspecified atom stereocenters. The lowest BCUT2D eigenvalue weighted by Crippen LogP contribution is -2.49. The van der Waals surface area contributed by atoms with Crippen LogP contribution in [-0.4, -0.2) is 10.9 Å². The van der Waals surface area contributed by atoms with Crippen LogP contribution in [0.4, 0.5) is 0 Å². The van der Waals surface area contributed by atoms with Gasteiger partial charge in [0.05, 0.1) is 10.4 Å². The van der Waals surface area contributed by atoms with Crippen LogP contribution < -0.4 is 11.1 Å². The van der Waals surface area contributed by atoms with E-state index < -0.39 is 5.41 Å². The van der Waals surface area contributed by atoms with Gasteiger partial charge in [0.2, 0.25) is 5.91 Å². The molecular weight excluding hydrogens is 256 g/mol. The third-order valence-corrected chi connectivity index (χ3v) is 4.30. The SMILES string of the molecule is NC(=S)C1(C(=O)NCc2ccccc2)CCCCC1. The van der Waals surface area contributed by atoms with Gasteiger partial charge in [-0.1, -0.05) is 61.8 Å². The Balaban J connectivity index is 2.02. The van der Waals surface area contributed by atoms with Crippen molar-refractivity contribution in [1.29, 1.82) is 0 Å². The molecule has 0 radical (unpaired) electrons. The summed E-state index contributed by atoms with van der Waals surface area (Å²) >= 11 is 5.15. The molecule has 1 aromatic carbocycles. The van der Waals surface area contributed by atoms with Crippen LogP contribution in [0.25, 0.3) is 0 Å². The van der Waals surface area contributed by atoms with Crippen molar-refractivity contribution in [2.75, 3.05) is 0 Å². The van der Waals surface area contributed by atoms with Crippen LogP contribution in [-0.2, 0) is 11.3 Å². The van der Waals surface area contributed by atoms with Crippen molar-refractivity contribution < 1.29 is 4.79 Å². The van der Waals surface area contributed by atoms with Crippen LogP contribution in [0.2, 0.25) is 0 Å². The van der Waals surface area contributed by atoms with Crippen molar-refractivity contribution in [3.8, 4) is 0 Å². The number of nitrogens with two attached hydrogens (primary N) is 1. The summed E-state index contributed by atoms with van der Waals surface area (Å²) in [5, 5.41) is 2.98. The molecule has 0 spiro atoms. The van der Waals surface area contributed by atoms with Gasteiger partial charge >= 0.3 is 0 Å². The third kappa shape index (κ3) is 3.13. The largest absolute Gasteiger partial charge is 0.392 e. The molecule has 1 aliphatic rings. The summed E-state index contributed by atoms with van der Waals surface area (Å²) < 4.78 is 0. The molecule has 0 aliphatic heterocycles. The highest BCUT2D eigenvalue weighted by molar-refractivity contribution is 7.80. The van der Waals surface area contributed by atoms with E-state index in [-0.39, 0.29) is 5.91 Å². The van der Waals surface area contributed by atoms with E-state index in [9.17, 15) is 4.79 Å². The lowest BCUT2D eigenvalue weighted by Gasteiger charge is -2.34. The highest BCUT2D eigenvalue weighted by atomic mass is 32.1. The van der Waals surface area contributed by atoms with Gasteiger partial charge in [-0.3, -0.25) is 4.79 Å². The standard InChI is InChI=1S/C15H20N2OS/c16-13(19)15(9-5-2-6-10-15)14(18)17-11-12-7-3-1-4-8-12/h1,3-4,7-8H,2,5-6,9-11H2,(H2,16,19)(H,17,18). The van der Waals surface area contributed by atoms with E-state index in [4.69, 9.17) is 18.0 Å². The van der Waals surface area contributed by atoms with Crippen LogP contribution >= 0.6 is 12.2 Å². The molecular formula is C15H20N2OS. The fourth-order valence-electron chi connectivity index (χ4n) is 2.69. The Morgan fingerprint density at radius 3 is 2.42 bits per heavy atom.